The van der Waals surface area contributed by atoms with E-state index in [2.05, 4.69) is 67.1 Å². The minimum atomic E-state index is -0.371. The van der Waals surface area contributed by atoms with Crippen LogP contribution in [0.3, 0.4) is 0 Å². The first-order valence-electron chi connectivity index (χ1n) is 16.2. The van der Waals surface area contributed by atoms with E-state index in [1.165, 1.54) is 56.7 Å². The number of hydrogen-bond donors (Lipinski definition) is 1. The second-order valence-electron chi connectivity index (χ2n) is 12.7. The number of nitrogens with one attached hydrogen (secondary N) is 1. The van der Waals surface area contributed by atoms with Crippen molar-refractivity contribution in [3.8, 4) is 5.75 Å². The summed E-state index contributed by atoms with van der Waals surface area (Å²) < 4.78 is 8.99. The van der Waals surface area contributed by atoms with Gasteiger partial charge in [-0.25, -0.2) is 0 Å². The molecule has 9 nitrogen and oxygen atoms in total. The average Bonchev–Trinajstić information content (AvgIpc) is 3.35. The molecule has 1 unspecified atom stereocenters. The number of aromatic nitrogens is 2. The van der Waals surface area contributed by atoms with Gasteiger partial charge >= 0.3 is 0 Å². The maximum atomic E-state index is 12.5. The number of anilines is 1. The summed E-state index contributed by atoms with van der Waals surface area (Å²) in [5.74, 6) is 0.970. The van der Waals surface area contributed by atoms with Crippen LogP contribution in [0.2, 0.25) is 0 Å². The fraction of sp³-hybridized carbons (Fsp3) is 0.559. The molecule has 3 aromatic rings. The number of rotatable bonds is 10. The Bertz CT molecular complexity index is 1480. The van der Waals surface area contributed by atoms with Crippen molar-refractivity contribution in [3.05, 3.63) is 52.1 Å². The van der Waals surface area contributed by atoms with Crippen molar-refractivity contribution in [3.63, 3.8) is 0 Å². The number of imide groups is 1. The van der Waals surface area contributed by atoms with E-state index in [0.717, 1.165) is 71.9 Å². The van der Waals surface area contributed by atoms with Crippen LogP contribution in [0.1, 0.15) is 55.7 Å². The SMILES string of the molecule is Cc1c(Br)cccc1OCCCCN1CCC(CN2CCN(c3ccc4c(C5CCC(=O)NC5=O)nn(C)c4c3)CC2)CC1. The van der Waals surface area contributed by atoms with Gasteiger partial charge in [-0.2, -0.15) is 5.10 Å². The minimum Gasteiger partial charge on any atom is -0.493 e. The molecule has 236 valence electrons. The normalized spacial score (nSPS) is 20.8. The van der Waals surface area contributed by atoms with E-state index in [9.17, 15) is 9.59 Å². The molecule has 0 saturated carbocycles. The topological polar surface area (TPSA) is 82.9 Å². The molecule has 2 amide bonds. The van der Waals surface area contributed by atoms with Crippen LogP contribution < -0.4 is 15.0 Å². The average molecular weight is 666 g/mol. The summed E-state index contributed by atoms with van der Waals surface area (Å²) in [5, 5.41) is 8.18. The second-order valence-corrected chi connectivity index (χ2v) is 13.6. The second kappa shape index (κ2) is 14.0. The van der Waals surface area contributed by atoms with Crippen molar-refractivity contribution in [1.29, 1.82) is 0 Å². The van der Waals surface area contributed by atoms with Crippen LogP contribution in [-0.2, 0) is 16.6 Å². The summed E-state index contributed by atoms with van der Waals surface area (Å²) in [6.07, 6.45) is 5.73. The molecular weight excluding hydrogens is 620 g/mol. The number of likely N-dealkylation sites (tertiary alicyclic amines) is 1. The quantitative estimate of drug-likeness (QED) is 0.245. The number of piperidine rings is 2. The highest BCUT2D eigenvalue weighted by atomic mass is 79.9. The highest BCUT2D eigenvalue weighted by Crippen LogP contribution is 2.33. The van der Waals surface area contributed by atoms with E-state index in [1.54, 1.807) is 0 Å². The first-order chi connectivity index (χ1) is 21.4. The van der Waals surface area contributed by atoms with E-state index in [-0.39, 0.29) is 17.7 Å². The maximum absolute atomic E-state index is 12.5. The number of carbonyl (C=O) groups is 2. The maximum Gasteiger partial charge on any atom is 0.235 e. The minimum absolute atomic E-state index is 0.195. The molecule has 3 aliphatic rings. The van der Waals surface area contributed by atoms with Crippen LogP contribution >= 0.6 is 15.9 Å². The largest absolute Gasteiger partial charge is 0.493 e. The summed E-state index contributed by atoms with van der Waals surface area (Å²) in [6.45, 7) is 11.9. The van der Waals surface area contributed by atoms with Gasteiger partial charge in [0.1, 0.15) is 5.75 Å². The zero-order valence-corrected chi connectivity index (χ0v) is 27.7. The summed E-state index contributed by atoms with van der Waals surface area (Å²) in [4.78, 5) is 31.9. The lowest BCUT2D eigenvalue weighted by Gasteiger charge is -2.39. The number of piperazine rings is 1. The first kappa shape index (κ1) is 31.0. The molecule has 4 heterocycles. The highest BCUT2D eigenvalue weighted by molar-refractivity contribution is 9.10. The van der Waals surface area contributed by atoms with Crippen molar-refractivity contribution in [2.75, 3.05) is 63.9 Å². The molecule has 6 rings (SSSR count). The number of ether oxygens (including phenoxy) is 1. The van der Waals surface area contributed by atoms with Crippen LogP contribution in [0, 0.1) is 12.8 Å². The lowest BCUT2D eigenvalue weighted by atomic mass is 9.93. The van der Waals surface area contributed by atoms with Crippen molar-refractivity contribution >= 4 is 44.3 Å². The van der Waals surface area contributed by atoms with Crippen LogP contribution in [0.25, 0.3) is 10.9 Å². The summed E-state index contributed by atoms with van der Waals surface area (Å²) in [6, 6.07) is 12.6. The number of aryl methyl sites for hydroxylation is 1. The Morgan fingerprint density at radius 3 is 2.55 bits per heavy atom. The van der Waals surface area contributed by atoms with Gasteiger partial charge in [-0.1, -0.05) is 22.0 Å². The van der Waals surface area contributed by atoms with Crippen LogP contribution in [0.5, 0.6) is 5.75 Å². The predicted molar refractivity (Wildman–Crippen MR) is 177 cm³/mol. The monoisotopic (exact) mass is 664 g/mol. The molecule has 3 saturated heterocycles. The third kappa shape index (κ3) is 7.13. The Labute approximate surface area is 269 Å². The smallest absolute Gasteiger partial charge is 0.235 e. The lowest BCUT2D eigenvalue weighted by Crippen LogP contribution is -2.49. The summed E-state index contributed by atoms with van der Waals surface area (Å²) >= 11 is 3.58. The Morgan fingerprint density at radius 1 is 0.977 bits per heavy atom. The number of benzene rings is 2. The van der Waals surface area contributed by atoms with Crippen molar-refractivity contribution < 1.29 is 14.3 Å². The van der Waals surface area contributed by atoms with Gasteiger partial charge in [0.05, 0.1) is 23.7 Å². The van der Waals surface area contributed by atoms with Gasteiger partial charge in [-0.15, -0.1) is 0 Å². The molecule has 0 radical (unpaired) electrons. The molecule has 3 aliphatic heterocycles. The molecule has 1 aromatic heterocycles. The van der Waals surface area contributed by atoms with E-state index < -0.39 is 0 Å². The number of amides is 2. The number of nitrogens with zero attached hydrogens (tertiary/aromatic N) is 5. The molecular formula is C34H45BrN6O3. The van der Waals surface area contributed by atoms with Crippen molar-refractivity contribution in [1.82, 2.24) is 24.9 Å². The number of carbonyl (C=O) groups excluding carboxylic acids is 2. The van der Waals surface area contributed by atoms with Gasteiger partial charge in [-0.05, 0) is 94.9 Å². The molecule has 3 fully saturated rings. The van der Waals surface area contributed by atoms with Gasteiger partial charge in [0.2, 0.25) is 11.8 Å². The standard InChI is InChI=1S/C34H45BrN6O3/c1-24-29(35)6-5-7-31(24)44-21-4-3-14-39-15-12-25(13-16-39)23-40-17-19-41(20-18-40)26-8-9-27-30(22-26)38(2)37-33(27)28-10-11-32(42)36-34(28)43/h5-9,22,25,28H,3-4,10-21,23H2,1-2H3,(H,36,42,43). The van der Waals surface area contributed by atoms with Crippen LogP contribution in [0.15, 0.2) is 40.9 Å². The van der Waals surface area contributed by atoms with Gasteiger partial charge in [0.25, 0.3) is 0 Å². The molecule has 0 bridgehead atoms. The zero-order chi connectivity index (χ0) is 30.6. The van der Waals surface area contributed by atoms with Gasteiger partial charge in [0.15, 0.2) is 0 Å². The molecule has 1 N–H and O–H groups in total. The Hall–Kier alpha value is -2.95. The van der Waals surface area contributed by atoms with E-state index in [4.69, 9.17) is 9.84 Å². The van der Waals surface area contributed by atoms with E-state index >= 15 is 0 Å². The summed E-state index contributed by atoms with van der Waals surface area (Å²) in [7, 11) is 1.94. The van der Waals surface area contributed by atoms with Gasteiger partial charge in [-0.3, -0.25) is 24.5 Å². The fourth-order valence-electron chi connectivity index (χ4n) is 6.99. The van der Waals surface area contributed by atoms with Crippen molar-refractivity contribution in [2.45, 2.75) is 51.4 Å². The van der Waals surface area contributed by atoms with Gasteiger partial charge < -0.3 is 14.5 Å². The molecule has 44 heavy (non-hydrogen) atoms. The molecule has 10 heteroatoms. The number of halogens is 1. The fourth-order valence-corrected chi connectivity index (χ4v) is 7.34. The highest BCUT2D eigenvalue weighted by Gasteiger charge is 2.32. The Kier molecular flexibility index (Phi) is 9.88. The van der Waals surface area contributed by atoms with E-state index in [0.29, 0.717) is 12.8 Å². The molecule has 0 spiro atoms. The third-order valence-electron chi connectivity index (χ3n) is 9.74. The molecule has 0 aliphatic carbocycles. The van der Waals surface area contributed by atoms with Crippen LogP contribution in [0.4, 0.5) is 5.69 Å². The van der Waals surface area contributed by atoms with E-state index in [1.807, 2.05) is 23.9 Å². The van der Waals surface area contributed by atoms with Gasteiger partial charge in [0, 0.05) is 67.3 Å². The molecule has 1 atom stereocenters. The first-order valence-corrected chi connectivity index (χ1v) is 17.0. The zero-order valence-electron chi connectivity index (χ0n) is 26.1. The lowest BCUT2D eigenvalue weighted by molar-refractivity contribution is -0.134. The number of fused-ring (bicyclic) bond motifs is 1. The Balaban J connectivity index is 0.914. The summed E-state index contributed by atoms with van der Waals surface area (Å²) in [5.41, 5.74) is 4.18. The van der Waals surface area contributed by atoms with Crippen LogP contribution in [-0.4, -0.2) is 90.4 Å². The van der Waals surface area contributed by atoms with Crippen molar-refractivity contribution in [2.24, 2.45) is 13.0 Å². The Morgan fingerprint density at radius 2 is 1.77 bits per heavy atom. The number of hydrogen-bond acceptors (Lipinski definition) is 7. The third-order valence-corrected chi connectivity index (χ3v) is 10.6. The predicted octanol–water partition coefficient (Wildman–Crippen LogP) is 4.86. The number of unbranched alkanes of at least 4 members (excludes halogenated alkanes) is 1. The molecule has 2 aromatic carbocycles.